The average Bonchev–Trinajstić information content (AvgIpc) is 3.28. The fourth-order valence-corrected chi connectivity index (χ4v) is 6.65. The van der Waals surface area contributed by atoms with Crippen LogP contribution < -0.4 is 14.2 Å². The number of benzene rings is 3. The first-order valence-electron chi connectivity index (χ1n) is 22.4. The van der Waals surface area contributed by atoms with Crippen molar-refractivity contribution in [1.29, 1.82) is 0 Å². The molecule has 3 radical (unpaired) electrons. The summed E-state index contributed by atoms with van der Waals surface area (Å²) in [6.45, 7) is 14.2. The third-order valence-electron chi connectivity index (χ3n) is 10.5. The number of hydrogen-bond donors (Lipinski definition) is 0. The van der Waals surface area contributed by atoms with E-state index in [2.05, 4.69) is 82.5 Å². The highest BCUT2D eigenvalue weighted by molar-refractivity contribution is 6.16. The molecule has 12 nitrogen and oxygen atoms in total. The number of rotatable bonds is 28. The van der Waals surface area contributed by atoms with Crippen LogP contribution in [0.2, 0.25) is 0 Å². The quantitative estimate of drug-likeness (QED) is 0.0402. The standard InChI is InChI=1S/C48H67N6O6Si/c1-8-14-17-26-36(11-4)58-42-32-23-20-29-39(42)45(55)50-49-35(7)48(61,53-51-46(56)40-30-21-24-33-43(40)59-37(12-5)27-18-15-9-2)54-52-47(57)41-31-22-25-34-44(41)60-38(13-6)28-19-16-10-3/h20-25,29-38H,8-19,26-28H2,1-7H3. The van der Waals surface area contributed by atoms with Crippen LogP contribution in [0, 0.1) is 0 Å². The number of ether oxygens (including phenoxy) is 3. The lowest BCUT2D eigenvalue weighted by molar-refractivity contribution is 0.0965. The normalized spacial score (nSPS) is 14.8. The molecule has 0 heterocycles. The number of carbonyl (C=O) groups excluding carboxylic acids is 3. The first kappa shape index (κ1) is 50.4. The first-order valence-corrected chi connectivity index (χ1v) is 22.9. The van der Waals surface area contributed by atoms with E-state index in [1.807, 2.05) is 0 Å². The molecule has 0 N–H and O–H groups in total. The number of carbonyl (C=O) groups is 3. The predicted molar refractivity (Wildman–Crippen MR) is 241 cm³/mol. The van der Waals surface area contributed by atoms with Gasteiger partial charge < -0.3 is 14.2 Å². The Bertz CT molecular complexity index is 1800. The third kappa shape index (κ3) is 16.8. The van der Waals surface area contributed by atoms with Gasteiger partial charge in [-0.15, -0.1) is 15.3 Å². The Hall–Kier alpha value is -4.91. The van der Waals surface area contributed by atoms with E-state index in [0.717, 1.165) is 96.3 Å². The Balaban J connectivity index is 1.98. The fourth-order valence-electron chi connectivity index (χ4n) is 6.49. The minimum atomic E-state index is -1.94. The number of para-hydroxylation sites is 3. The molecule has 61 heavy (non-hydrogen) atoms. The summed E-state index contributed by atoms with van der Waals surface area (Å²) < 4.78 is 18.9. The minimum Gasteiger partial charge on any atom is -0.490 e. The van der Waals surface area contributed by atoms with Crippen molar-refractivity contribution in [3.63, 3.8) is 0 Å². The van der Waals surface area contributed by atoms with Crippen LogP contribution in [0.15, 0.2) is 103 Å². The van der Waals surface area contributed by atoms with Gasteiger partial charge in [-0.1, -0.05) is 116 Å². The van der Waals surface area contributed by atoms with E-state index in [1.165, 1.54) is 0 Å². The molecule has 0 saturated carbocycles. The van der Waals surface area contributed by atoms with Gasteiger partial charge in [-0.2, -0.15) is 15.3 Å². The van der Waals surface area contributed by atoms with E-state index >= 15 is 0 Å². The monoisotopic (exact) mass is 851 g/mol. The van der Waals surface area contributed by atoms with Crippen molar-refractivity contribution in [1.82, 2.24) is 0 Å². The van der Waals surface area contributed by atoms with Crippen LogP contribution in [0.5, 0.6) is 17.2 Å². The first-order chi connectivity index (χ1) is 29.5. The largest absolute Gasteiger partial charge is 0.490 e. The molecule has 329 valence electrons. The summed E-state index contributed by atoms with van der Waals surface area (Å²) in [5, 5.41) is 23.0. The molecular weight excluding hydrogens is 785 g/mol. The third-order valence-corrected chi connectivity index (χ3v) is 11.1. The molecule has 4 unspecified atom stereocenters. The van der Waals surface area contributed by atoms with Gasteiger partial charge in [0.1, 0.15) is 33.5 Å². The van der Waals surface area contributed by atoms with Crippen molar-refractivity contribution in [3.8, 4) is 17.2 Å². The van der Waals surface area contributed by atoms with E-state index in [4.69, 9.17) is 14.2 Å². The van der Waals surface area contributed by atoms with Gasteiger partial charge >= 0.3 is 0 Å². The Labute approximate surface area is 367 Å². The smallest absolute Gasteiger partial charge is 0.298 e. The summed E-state index contributed by atoms with van der Waals surface area (Å²) in [6.07, 6.45) is 14.3. The zero-order valence-corrected chi connectivity index (χ0v) is 38.5. The summed E-state index contributed by atoms with van der Waals surface area (Å²) in [6, 6.07) is 19.5. The van der Waals surface area contributed by atoms with Gasteiger partial charge in [-0.25, -0.2) is 0 Å². The van der Waals surface area contributed by atoms with Crippen molar-refractivity contribution < 1.29 is 28.6 Å². The Morgan fingerprint density at radius 2 is 0.820 bits per heavy atom. The molecule has 3 aromatic carbocycles. The van der Waals surface area contributed by atoms with Crippen LogP contribution in [0.25, 0.3) is 0 Å². The number of nitrogens with zero attached hydrogens (tertiary/aromatic N) is 6. The van der Waals surface area contributed by atoms with Crippen molar-refractivity contribution >= 4 is 28.0 Å². The van der Waals surface area contributed by atoms with Crippen LogP contribution in [-0.4, -0.2) is 57.6 Å². The molecule has 3 rings (SSSR count). The second-order valence-electron chi connectivity index (χ2n) is 15.4. The van der Waals surface area contributed by atoms with E-state index in [-0.39, 0.29) is 35.0 Å². The van der Waals surface area contributed by atoms with Gasteiger partial charge in [0.2, 0.25) is 0 Å². The van der Waals surface area contributed by atoms with Gasteiger partial charge in [0.25, 0.3) is 17.7 Å². The van der Waals surface area contributed by atoms with Gasteiger partial charge in [0.05, 0.1) is 35.0 Å². The summed E-state index contributed by atoms with van der Waals surface area (Å²) in [5.41, 5.74) is 0.659. The lowest BCUT2D eigenvalue weighted by Crippen LogP contribution is -2.36. The zero-order chi connectivity index (χ0) is 44.5. The molecule has 0 aliphatic heterocycles. The van der Waals surface area contributed by atoms with Crippen LogP contribution in [-0.2, 0) is 0 Å². The summed E-state index contributed by atoms with van der Waals surface area (Å²) in [5.74, 6) is -0.865. The molecule has 0 bridgehead atoms. The zero-order valence-electron chi connectivity index (χ0n) is 37.5. The van der Waals surface area contributed by atoms with E-state index in [9.17, 15) is 14.4 Å². The predicted octanol–water partition coefficient (Wildman–Crippen LogP) is 13.3. The van der Waals surface area contributed by atoms with Crippen LogP contribution in [0.1, 0.15) is 176 Å². The number of amides is 3. The van der Waals surface area contributed by atoms with Crippen molar-refractivity contribution in [2.75, 3.05) is 0 Å². The fraction of sp³-hybridized carbons (Fsp3) is 0.562. The topological polar surface area (TPSA) is 153 Å². The lowest BCUT2D eigenvalue weighted by Gasteiger charge is -2.22. The number of hydrogen-bond acceptors (Lipinski definition) is 9. The van der Waals surface area contributed by atoms with Gasteiger partial charge in [0.15, 0.2) is 5.29 Å². The van der Waals surface area contributed by atoms with E-state index in [1.54, 1.807) is 79.7 Å². The van der Waals surface area contributed by atoms with E-state index in [0.29, 0.717) is 17.2 Å². The maximum atomic E-state index is 13.7. The van der Waals surface area contributed by atoms with Crippen molar-refractivity contribution in [2.24, 2.45) is 30.7 Å². The molecule has 13 heteroatoms. The summed E-state index contributed by atoms with van der Waals surface area (Å²) in [4.78, 5) is 41.1. The van der Waals surface area contributed by atoms with Crippen LogP contribution in [0.4, 0.5) is 0 Å². The molecule has 0 saturated heterocycles. The van der Waals surface area contributed by atoms with Crippen LogP contribution >= 0.6 is 0 Å². The van der Waals surface area contributed by atoms with Gasteiger partial charge in [-0.05, 0) is 101 Å². The lowest BCUT2D eigenvalue weighted by atomic mass is 10.1. The summed E-state index contributed by atoms with van der Waals surface area (Å²) >= 11 is 0. The van der Waals surface area contributed by atoms with Crippen molar-refractivity contribution in [2.45, 2.75) is 174 Å². The molecule has 0 aliphatic rings. The van der Waals surface area contributed by atoms with E-state index < -0.39 is 29.0 Å². The molecule has 0 spiro atoms. The average molecular weight is 852 g/mol. The Morgan fingerprint density at radius 3 is 1.13 bits per heavy atom. The molecular formula is C48H67N6O6Si. The Morgan fingerprint density at radius 1 is 0.508 bits per heavy atom. The second-order valence-corrected chi connectivity index (χ2v) is 16.1. The highest BCUT2D eigenvalue weighted by atomic mass is 28.1. The van der Waals surface area contributed by atoms with Gasteiger partial charge in [-0.3, -0.25) is 14.4 Å². The van der Waals surface area contributed by atoms with Crippen LogP contribution in [0.3, 0.4) is 0 Å². The molecule has 3 amide bonds. The highest BCUT2D eigenvalue weighted by Crippen LogP contribution is 2.28. The van der Waals surface area contributed by atoms with Gasteiger partial charge in [0, 0.05) is 0 Å². The second kappa shape index (κ2) is 27.8. The number of azo groups is 3. The maximum Gasteiger partial charge on any atom is 0.298 e. The minimum absolute atomic E-state index is 0.0592. The molecule has 4 atom stereocenters. The molecule has 0 aromatic heterocycles. The molecule has 3 aromatic rings. The molecule has 0 aliphatic carbocycles. The van der Waals surface area contributed by atoms with Crippen molar-refractivity contribution in [3.05, 3.63) is 89.5 Å². The molecule has 0 fully saturated rings. The number of unbranched alkanes of at least 4 members (excludes halogenated alkanes) is 6. The maximum absolute atomic E-state index is 13.7. The Kier molecular flexibility index (Phi) is 23.0. The summed E-state index contributed by atoms with van der Waals surface area (Å²) in [7, 11) is 3.55. The highest BCUT2D eigenvalue weighted by Gasteiger charge is 2.34. The SMILES string of the molecule is CCCCCC(CC)Oc1ccccc1C(=O)N=NC(C)C([Si])(N=NC(=O)c1ccccc1OC(CC)CCCCC)N=NC(=O)c1ccccc1OC(CC)CCCCC.